The van der Waals surface area contributed by atoms with Gasteiger partial charge in [0.25, 0.3) is 0 Å². The lowest BCUT2D eigenvalue weighted by Crippen LogP contribution is -2.44. The Morgan fingerprint density at radius 1 is 1.30 bits per heavy atom. The van der Waals surface area contributed by atoms with Crippen molar-refractivity contribution in [1.82, 2.24) is 10.2 Å². The molecule has 126 valence electrons. The number of hydrogen-bond donors (Lipinski definition) is 2. The first-order chi connectivity index (χ1) is 11.0. The van der Waals surface area contributed by atoms with Crippen LogP contribution in [0, 0.1) is 5.92 Å². The molecular weight excluding hydrogens is 358 g/mol. The fraction of sp³-hybridized carbons (Fsp3) is 0.529. The molecule has 6 heteroatoms. The van der Waals surface area contributed by atoms with E-state index >= 15 is 0 Å². The van der Waals surface area contributed by atoms with Gasteiger partial charge in [-0.05, 0) is 50.0 Å². The molecule has 2 amide bonds. The molecule has 1 aromatic rings. The maximum atomic E-state index is 12.3. The van der Waals surface area contributed by atoms with Crippen LogP contribution in [0.25, 0.3) is 0 Å². The standard InChI is InChI=1S/C17H24BrN3O2/c1-2-15(12-3-5-14(18)6-4-12)20-16(22)11-21-9-7-13(8-10-21)17(19)23/h3-6,13,15H,2,7-11H2,1H3,(H2,19,23)(H,20,22)/t15-/m1/s1. The first kappa shape index (κ1) is 17.9. The third-order valence-electron chi connectivity index (χ3n) is 4.37. The number of halogens is 1. The zero-order valence-electron chi connectivity index (χ0n) is 13.4. The topological polar surface area (TPSA) is 75.4 Å². The first-order valence-corrected chi connectivity index (χ1v) is 8.85. The largest absolute Gasteiger partial charge is 0.369 e. The van der Waals surface area contributed by atoms with Crippen molar-refractivity contribution in [3.05, 3.63) is 34.3 Å². The van der Waals surface area contributed by atoms with Crippen LogP contribution in [0.15, 0.2) is 28.7 Å². The molecule has 0 bridgehead atoms. The van der Waals surface area contributed by atoms with Crippen molar-refractivity contribution >= 4 is 27.7 Å². The molecule has 0 saturated carbocycles. The van der Waals surface area contributed by atoms with Crippen LogP contribution in [0.1, 0.15) is 37.8 Å². The molecule has 0 aromatic heterocycles. The van der Waals surface area contributed by atoms with Crippen LogP contribution in [0.3, 0.4) is 0 Å². The average molecular weight is 382 g/mol. The SMILES string of the molecule is CC[C@@H](NC(=O)CN1CCC(C(N)=O)CC1)c1ccc(Br)cc1. The average Bonchev–Trinajstić information content (AvgIpc) is 2.54. The van der Waals surface area contributed by atoms with Gasteiger partial charge < -0.3 is 11.1 Å². The number of piperidine rings is 1. The Morgan fingerprint density at radius 2 is 1.91 bits per heavy atom. The fourth-order valence-corrected chi connectivity index (χ4v) is 3.20. The van der Waals surface area contributed by atoms with Gasteiger partial charge in [-0.1, -0.05) is 35.0 Å². The van der Waals surface area contributed by atoms with Crippen LogP contribution in [0.5, 0.6) is 0 Å². The lowest BCUT2D eigenvalue weighted by Gasteiger charge is -2.30. The molecule has 1 fully saturated rings. The van der Waals surface area contributed by atoms with Gasteiger partial charge in [0.15, 0.2) is 0 Å². The lowest BCUT2D eigenvalue weighted by atomic mass is 9.96. The van der Waals surface area contributed by atoms with Crippen LogP contribution in [0.2, 0.25) is 0 Å². The second kappa shape index (κ2) is 8.45. The zero-order valence-corrected chi connectivity index (χ0v) is 15.0. The van der Waals surface area contributed by atoms with Gasteiger partial charge in [0.05, 0.1) is 12.6 Å². The van der Waals surface area contributed by atoms with Crippen LogP contribution in [-0.2, 0) is 9.59 Å². The van der Waals surface area contributed by atoms with Gasteiger partial charge in [-0.15, -0.1) is 0 Å². The molecule has 1 aliphatic rings. The van der Waals surface area contributed by atoms with E-state index in [2.05, 4.69) is 33.1 Å². The highest BCUT2D eigenvalue weighted by atomic mass is 79.9. The molecule has 5 nitrogen and oxygen atoms in total. The minimum absolute atomic E-state index is 0.0253. The normalized spacial score (nSPS) is 17.7. The van der Waals surface area contributed by atoms with Crippen molar-refractivity contribution in [2.24, 2.45) is 11.7 Å². The molecule has 23 heavy (non-hydrogen) atoms. The van der Waals surface area contributed by atoms with Gasteiger partial charge in [0, 0.05) is 10.4 Å². The molecular formula is C17H24BrN3O2. The van der Waals surface area contributed by atoms with Crippen LogP contribution < -0.4 is 11.1 Å². The number of rotatable bonds is 6. The van der Waals surface area contributed by atoms with Gasteiger partial charge in [-0.2, -0.15) is 0 Å². The molecule has 0 spiro atoms. The molecule has 1 heterocycles. The van der Waals surface area contributed by atoms with E-state index in [1.54, 1.807) is 0 Å². The number of nitrogens with two attached hydrogens (primary N) is 1. The fourth-order valence-electron chi connectivity index (χ4n) is 2.93. The smallest absolute Gasteiger partial charge is 0.234 e. The third kappa shape index (κ3) is 5.32. The maximum absolute atomic E-state index is 12.3. The van der Waals surface area contributed by atoms with Crippen LogP contribution in [0.4, 0.5) is 0 Å². The second-order valence-electron chi connectivity index (χ2n) is 6.03. The molecule has 1 aliphatic heterocycles. The number of nitrogens with one attached hydrogen (secondary N) is 1. The molecule has 0 aliphatic carbocycles. The van der Waals surface area contributed by atoms with E-state index in [1.807, 2.05) is 24.3 Å². The summed E-state index contributed by atoms with van der Waals surface area (Å²) in [5.74, 6) is -0.242. The summed E-state index contributed by atoms with van der Waals surface area (Å²) < 4.78 is 1.03. The number of benzene rings is 1. The lowest BCUT2D eigenvalue weighted by molar-refractivity contribution is -0.124. The third-order valence-corrected chi connectivity index (χ3v) is 4.90. The van der Waals surface area contributed by atoms with E-state index in [-0.39, 0.29) is 23.8 Å². The summed E-state index contributed by atoms with van der Waals surface area (Å²) in [5, 5.41) is 3.10. The molecule has 2 rings (SSSR count). The summed E-state index contributed by atoms with van der Waals surface area (Å²) in [4.78, 5) is 25.5. The van der Waals surface area contributed by atoms with Gasteiger partial charge in [0.2, 0.25) is 11.8 Å². The van der Waals surface area contributed by atoms with E-state index in [4.69, 9.17) is 5.73 Å². The molecule has 0 unspecified atom stereocenters. The van der Waals surface area contributed by atoms with Crippen LogP contribution >= 0.6 is 15.9 Å². The Morgan fingerprint density at radius 3 is 2.43 bits per heavy atom. The Labute approximate surface area is 145 Å². The number of hydrogen-bond acceptors (Lipinski definition) is 3. The molecule has 1 aromatic carbocycles. The maximum Gasteiger partial charge on any atom is 0.234 e. The summed E-state index contributed by atoms with van der Waals surface area (Å²) in [6.45, 7) is 3.93. The van der Waals surface area contributed by atoms with Crippen molar-refractivity contribution in [2.45, 2.75) is 32.2 Å². The number of carbonyl (C=O) groups is 2. The molecule has 1 saturated heterocycles. The summed E-state index contributed by atoms with van der Waals surface area (Å²) in [6.07, 6.45) is 2.33. The number of primary amides is 1. The first-order valence-electron chi connectivity index (χ1n) is 8.06. The van der Waals surface area contributed by atoms with Crippen LogP contribution in [-0.4, -0.2) is 36.3 Å². The Kier molecular flexibility index (Phi) is 6.59. The molecule has 3 N–H and O–H groups in total. The number of carbonyl (C=O) groups excluding carboxylic acids is 2. The second-order valence-corrected chi connectivity index (χ2v) is 6.95. The Bertz CT molecular complexity index is 539. The van der Waals surface area contributed by atoms with Crippen molar-refractivity contribution in [2.75, 3.05) is 19.6 Å². The highest BCUT2D eigenvalue weighted by Crippen LogP contribution is 2.20. The summed E-state index contributed by atoms with van der Waals surface area (Å²) in [6, 6.07) is 8.05. The van der Waals surface area contributed by atoms with Gasteiger partial charge >= 0.3 is 0 Å². The van der Waals surface area contributed by atoms with E-state index in [0.717, 1.165) is 42.4 Å². The summed E-state index contributed by atoms with van der Waals surface area (Å²) in [7, 11) is 0. The quantitative estimate of drug-likeness (QED) is 0.792. The Hall–Kier alpha value is -1.40. The molecule has 0 radical (unpaired) electrons. The van der Waals surface area contributed by atoms with Crippen molar-refractivity contribution in [3.8, 4) is 0 Å². The van der Waals surface area contributed by atoms with Crippen molar-refractivity contribution in [3.63, 3.8) is 0 Å². The van der Waals surface area contributed by atoms with Gasteiger partial charge in [-0.25, -0.2) is 0 Å². The zero-order chi connectivity index (χ0) is 16.8. The highest BCUT2D eigenvalue weighted by molar-refractivity contribution is 9.10. The summed E-state index contributed by atoms with van der Waals surface area (Å²) >= 11 is 3.42. The van der Waals surface area contributed by atoms with Gasteiger partial charge in [-0.3, -0.25) is 14.5 Å². The molecule has 1 atom stereocenters. The minimum Gasteiger partial charge on any atom is -0.369 e. The number of nitrogens with zero attached hydrogens (tertiary/aromatic N) is 1. The van der Waals surface area contributed by atoms with Gasteiger partial charge in [0.1, 0.15) is 0 Å². The number of amides is 2. The Balaban J connectivity index is 1.84. The van der Waals surface area contributed by atoms with E-state index in [0.29, 0.717) is 6.54 Å². The monoisotopic (exact) mass is 381 g/mol. The summed E-state index contributed by atoms with van der Waals surface area (Å²) in [5.41, 5.74) is 6.44. The highest BCUT2D eigenvalue weighted by Gasteiger charge is 2.24. The predicted octanol–water partition coefficient (Wildman–Crippen LogP) is 2.21. The van der Waals surface area contributed by atoms with Crippen molar-refractivity contribution < 1.29 is 9.59 Å². The van der Waals surface area contributed by atoms with E-state index in [9.17, 15) is 9.59 Å². The van der Waals surface area contributed by atoms with E-state index < -0.39 is 0 Å². The number of likely N-dealkylation sites (tertiary alicyclic amines) is 1. The predicted molar refractivity (Wildman–Crippen MR) is 93.7 cm³/mol. The van der Waals surface area contributed by atoms with E-state index in [1.165, 1.54) is 0 Å². The minimum atomic E-state index is -0.226. The van der Waals surface area contributed by atoms with Crippen molar-refractivity contribution in [1.29, 1.82) is 0 Å².